The first-order valence-corrected chi connectivity index (χ1v) is 5.97. The fourth-order valence-electron chi connectivity index (χ4n) is 0.777. The van der Waals surface area contributed by atoms with Crippen molar-refractivity contribution >= 4 is 10.1 Å². The Bertz CT molecular complexity index is 308. The summed E-state index contributed by atoms with van der Waals surface area (Å²) in [5, 5.41) is 0. The van der Waals surface area contributed by atoms with Crippen molar-refractivity contribution in [2.24, 2.45) is 0 Å². The van der Waals surface area contributed by atoms with Crippen LogP contribution in [0.4, 0.5) is 22.0 Å². The minimum atomic E-state index is -6.04. The van der Waals surface area contributed by atoms with E-state index in [1.54, 1.807) is 6.92 Å². The van der Waals surface area contributed by atoms with E-state index in [2.05, 4.69) is 4.18 Å². The van der Waals surface area contributed by atoms with Gasteiger partial charge in [0.05, 0.1) is 5.75 Å². The molecule has 0 aromatic carbocycles. The monoisotopic (exact) mass is 270 g/mol. The fourth-order valence-corrected chi connectivity index (χ4v) is 1.83. The summed E-state index contributed by atoms with van der Waals surface area (Å²) in [5.74, 6) is -0.855. The topological polar surface area (TPSA) is 43.4 Å². The van der Waals surface area contributed by atoms with Crippen molar-refractivity contribution in [3.05, 3.63) is 0 Å². The number of hydrogen-bond acceptors (Lipinski definition) is 3. The zero-order chi connectivity index (χ0) is 13.0. The van der Waals surface area contributed by atoms with Gasteiger partial charge in [0.15, 0.2) is 0 Å². The van der Waals surface area contributed by atoms with Crippen molar-refractivity contribution in [2.75, 3.05) is 5.75 Å². The fraction of sp³-hybridized carbons (Fsp3) is 1.00. The van der Waals surface area contributed by atoms with E-state index >= 15 is 0 Å². The average Bonchev–Trinajstić information content (AvgIpc) is 1.99. The summed E-state index contributed by atoms with van der Waals surface area (Å²) in [6.45, 7) is 1.72. The molecule has 0 saturated carbocycles. The minimum absolute atomic E-state index is 0.0211. The van der Waals surface area contributed by atoms with Gasteiger partial charge in [-0.3, -0.25) is 0 Å². The molecule has 0 aromatic heterocycles. The molecule has 16 heavy (non-hydrogen) atoms. The molecule has 0 aliphatic carbocycles. The Kier molecular flexibility index (Phi) is 5.12. The quantitative estimate of drug-likeness (QED) is 0.423. The lowest BCUT2D eigenvalue weighted by Crippen LogP contribution is -2.41. The molecule has 0 N–H and O–H groups in total. The first kappa shape index (κ1) is 15.6. The van der Waals surface area contributed by atoms with Gasteiger partial charge in [-0.15, -0.1) is 0 Å². The van der Waals surface area contributed by atoms with E-state index in [0.29, 0.717) is 12.8 Å². The van der Waals surface area contributed by atoms with Crippen LogP contribution in [0.25, 0.3) is 0 Å². The van der Waals surface area contributed by atoms with Crippen molar-refractivity contribution in [3.63, 3.8) is 0 Å². The summed E-state index contributed by atoms with van der Waals surface area (Å²) in [5.41, 5.74) is 0. The van der Waals surface area contributed by atoms with Gasteiger partial charge in [-0.25, -0.2) is 0 Å². The van der Waals surface area contributed by atoms with Gasteiger partial charge in [0.2, 0.25) is 0 Å². The smallest absolute Gasteiger partial charge is 0.199 e. The van der Waals surface area contributed by atoms with E-state index in [4.69, 9.17) is 0 Å². The van der Waals surface area contributed by atoms with E-state index in [0.717, 1.165) is 0 Å². The molecule has 3 nitrogen and oxygen atoms in total. The van der Waals surface area contributed by atoms with Crippen LogP contribution in [0.2, 0.25) is 0 Å². The SMILES string of the molecule is CCCCCS(=O)(=O)OC(F)(F)C(F)(F)F. The highest BCUT2D eigenvalue weighted by atomic mass is 32.2. The molecule has 0 atom stereocenters. The van der Waals surface area contributed by atoms with Crippen LogP contribution in [0.1, 0.15) is 26.2 Å². The van der Waals surface area contributed by atoms with Crippen molar-refractivity contribution in [1.29, 1.82) is 0 Å². The third-order valence-electron chi connectivity index (χ3n) is 1.56. The average molecular weight is 270 g/mol. The molecule has 0 bridgehead atoms. The van der Waals surface area contributed by atoms with E-state index in [9.17, 15) is 30.4 Å². The maximum Gasteiger partial charge on any atom is 0.484 e. The molecule has 0 aliphatic heterocycles. The third-order valence-corrected chi connectivity index (χ3v) is 2.81. The summed E-state index contributed by atoms with van der Waals surface area (Å²) < 4.78 is 83.6. The summed E-state index contributed by atoms with van der Waals surface area (Å²) in [6, 6.07) is 0. The van der Waals surface area contributed by atoms with Crippen LogP contribution >= 0.6 is 0 Å². The molecule has 0 aliphatic rings. The zero-order valence-corrected chi connectivity index (χ0v) is 9.17. The largest absolute Gasteiger partial charge is 0.484 e. The number of unbranched alkanes of at least 4 members (excludes halogenated alkanes) is 2. The predicted octanol–water partition coefficient (Wildman–Crippen LogP) is 2.68. The van der Waals surface area contributed by atoms with Gasteiger partial charge in [0.25, 0.3) is 10.1 Å². The lowest BCUT2D eigenvalue weighted by atomic mass is 10.3. The molecule has 0 fully saturated rings. The van der Waals surface area contributed by atoms with Gasteiger partial charge in [0.1, 0.15) is 0 Å². The molecule has 0 heterocycles. The van der Waals surface area contributed by atoms with Crippen LogP contribution in [0, 0.1) is 0 Å². The van der Waals surface area contributed by atoms with E-state index in [1.165, 1.54) is 0 Å². The highest BCUT2D eigenvalue weighted by Crippen LogP contribution is 2.37. The maximum absolute atomic E-state index is 12.2. The van der Waals surface area contributed by atoms with Gasteiger partial charge in [-0.1, -0.05) is 19.8 Å². The van der Waals surface area contributed by atoms with Gasteiger partial charge in [-0.2, -0.15) is 34.6 Å². The van der Waals surface area contributed by atoms with Gasteiger partial charge < -0.3 is 0 Å². The molecule has 0 spiro atoms. The van der Waals surface area contributed by atoms with Crippen LogP contribution in [0.5, 0.6) is 0 Å². The Balaban J connectivity index is 4.48. The number of halogens is 5. The van der Waals surface area contributed by atoms with E-state index in [-0.39, 0.29) is 6.42 Å². The predicted molar refractivity (Wildman–Crippen MR) is 45.4 cm³/mol. The highest BCUT2D eigenvalue weighted by Gasteiger charge is 2.62. The Morgan fingerprint density at radius 3 is 1.94 bits per heavy atom. The Morgan fingerprint density at radius 2 is 1.56 bits per heavy atom. The van der Waals surface area contributed by atoms with Crippen molar-refractivity contribution in [2.45, 2.75) is 38.5 Å². The second-order valence-corrected chi connectivity index (χ2v) is 4.76. The summed E-state index contributed by atoms with van der Waals surface area (Å²) in [7, 11) is -4.86. The van der Waals surface area contributed by atoms with Crippen molar-refractivity contribution in [3.8, 4) is 0 Å². The molecule has 0 radical (unpaired) electrons. The van der Waals surface area contributed by atoms with Gasteiger partial charge >= 0.3 is 12.3 Å². The lowest BCUT2D eigenvalue weighted by molar-refractivity contribution is -0.359. The number of hydrogen-bond donors (Lipinski definition) is 0. The number of alkyl halides is 5. The Hall–Kier alpha value is -0.440. The lowest BCUT2D eigenvalue weighted by Gasteiger charge is -2.18. The van der Waals surface area contributed by atoms with Crippen LogP contribution in [0.15, 0.2) is 0 Å². The summed E-state index contributed by atoms with van der Waals surface area (Å²) in [6.07, 6.45) is -10.7. The molecule has 0 unspecified atom stereocenters. The molecule has 0 amide bonds. The van der Waals surface area contributed by atoms with Crippen LogP contribution in [0.3, 0.4) is 0 Å². The standard InChI is InChI=1S/C7H11F5O3S/c1-2-3-4-5-16(13,14)15-7(11,12)6(8,9)10/h2-5H2,1H3. The normalized spacial score (nSPS) is 14.1. The van der Waals surface area contributed by atoms with E-state index in [1.807, 2.05) is 0 Å². The summed E-state index contributed by atoms with van der Waals surface area (Å²) in [4.78, 5) is 0. The molecule has 0 saturated heterocycles. The Morgan fingerprint density at radius 1 is 1.06 bits per heavy atom. The van der Waals surface area contributed by atoms with Crippen LogP contribution in [-0.2, 0) is 14.3 Å². The molecule has 9 heteroatoms. The second-order valence-electron chi connectivity index (χ2n) is 3.07. The third kappa shape index (κ3) is 5.06. The maximum atomic E-state index is 12.2. The molecule has 0 aromatic rings. The van der Waals surface area contributed by atoms with Gasteiger partial charge in [0, 0.05) is 0 Å². The van der Waals surface area contributed by atoms with E-state index < -0.39 is 28.2 Å². The second kappa shape index (κ2) is 5.26. The first-order chi connectivity index (χ1) is 7.02. The highest BCUT2D eigenvalue weighted by molar-refractivity contribution is 7.86. The van der Waals surface area contributed by atoms with Crippen molar-refractivity contribution < 1.29 is 34.6 Å². The zero-order valence-electron chi connectivity index (χ0n) is 8.35. The molecule has 98 valence electrons. The van der Waals surface area contributed by atoms with Crippen LogP contribution in [-0.4, -0.2) is 26.5 Å². The van der Waals surface area contributed by atoms with Crippen LogP contribution < -0.4 is 0 Å². The molecule has 0 rings (SSSR count). The van der Waals surface area contributed by atoms with Gasteiger partial charge in [-0.05, 0) is 6.42 Å². The molecular weight excluding hydrogens is 259 g/mol. The minimum Gasteiger partial charge on any atom is -0.199 e. The summed E-state index contributed by atoms with van der Waals surface area (Å²) >= 11 is 0. The van der Waals surface area contributed by atoms with Crippen molar-refractivity contribution in [1.82, 2.24) is 0 Å². The number of rotatable bonds is 6. The first-order valence-electron chi connectivity index (χ1n) is 4.39. The Labute approximate surface area is 89.7 Å². The molecular formula is C7H11F5O3S.